The average Bonchev–Trinajstić information content (AvgIpc) is 2.49. The second-order valence-electron chi connectivity index (χ2n) is 8.77. The molecule has 1 saturated carbocycles. The van der Waals surface area contributed by atoms with Gasteiger partial charge in [-0.3, -0.25) is 4.79 Å². The highest BCUT2D eigenvalue weighted by Crippen LogP contribution is 2.61. The maximum atomic E-state index is 12.9. The fraction of sp³-hybridized carbons (Fsp3) is 0.650. The summed E-state index contributed by atoms with van der Waals surface area (Å²) >= 11 is 0. The Kier molecular flexibility index (Phi) is 4.06. The van der Waals surface area contributed by atoms with Crippen molar-refractivity contribution < 1.29 is 25.2 Å². The summed E-state index contributed by atoms with van der Waals surface area (Å²) in [5.74, 6) is -1.19. The van der Waals surface area contributed by atoms with E-state index < -0.39 is 17.3 Å². The number of fused-ring (bicyclic) bond motifs is 3. The molecule has 2 aliphatic carbocycles. The van der Waals surface area contributed by atoms with E-state index in [0.717, 1.165) is 19.3 Å². The summed E-state index contributed by atoms with van der Waals surface area (Å²) in [5.41, 5.74) is 0.00830. The first-order valence-electron chi connectivity index (χ1n) is 9.02. The molecule has 0 radical (unpaired) electrons. The number of carbonyl (C=O) groups excluding carboxylic acids is 1. The van der Waals surface area contributed by atoms with Crippen LogP contribution in [0, 0.1) is 11.3 Å². The zero-order valence-electron chi connectivity index (χ0n) is 15.4. The number of phenolic OH excluding ortho intramolecular Hbond substituents is 3. The lowest BCUT2D eigenvalue weighted by molar-refractivity contribution is 0.0350. The zero-order chi connectivity index (χ0) is 18.7. The summed E-state index contributed by atoms with van der Waals surface area (Å²) in [6.45, 7) is 7.84. The van der Waals surface area contributed by atoms with Crippen molar-refractivity contribution in [3.05, 3.63) is 16.7 Å². The van der Waals surface area contributed by atoms with E-state index >= 15 is 0 Å². The summed E-state index contributed by atoms with van der Waals surface area (Å²) in [6.07, 6.45) is 2.24. The standard InChI is InChI=1S/C20H28O5/c1-10(21)8-11-16(23)14-12(22)9-13-19(2,3)6-5-7-20(13,4)15(14)18(25)17(11)24/h10,13,21,23-25H,5-9H2,1-4H3/t10-,13-,20-/m0/s1. The van der Waals surface area contributed by atoms with E-state index in [1.165, 1.54) is 6.92 Å². The van der Waals surface area contributed by atoms with Gasteiger partial charge in [-0.2, -0.15) is 0 Å². The number of aliphatic hydroxyl groups excluding tert-OH is 1. The minimum atomic E-state index is -0.815. The highest BCUT2D eigenvalue weighted by molar-refractivity contribution is 6.03. The van der Waals surface area contributed by atoms with Crippen molar-refractivity contribution in [2.75, 3.05) is 0 Å². The first kappa shape index (κ1) is 18.1. The van der Waals surface area contributed by atoms with Gasteiger partial charge in [0.25, 0.3) is 0 Å². The molecule has 0 heterocycles. The van der Waals surface area contributed by atoms with Crippen LogP contribution in [0.25, 0.3) is 0 Å². The molecule has 0 amide bonds. The molecular formula is C20H28O5. The lowest BCUT2D eigenvalue weighted by atomic mass is 9.50. The van der Waals surface area contributed by atoms with Crippen LogP contribution >= 0.6 is 0 Å². The van der Waals surface area contributed by atoms with Crippen LogP contribution in [-0.4, -0.2) is 32.3 Å². The molecule has 0 aliphatic heterocycles. The molecule has 1 aromatic rings. The molecule has 0 bridgehead atoms. The van der Waals surface area contributed by atoms with Crippen LogP contribution in [-0.2, 0) is 11.8 Å². The van der Waals surface area contributed by atoms with E-state index in [4.69, 9.17) is 0 Å². The Balaban J connectivity index is 2.29. The number of hydrogen-bond donors (Lipinski definition) is 4. The van der Waals surface area contributed by atoms with Crippen molar-refractivity contribution in [1.82, 2.24) is 0 Å². The molecule has 3 atom stereocenters. The number of rotatable bonds is 2. The van der Waals surface area contributed by atoms with Crippen LogP contribution in [0.15, 0.2) is 0 Å². The lowest BCUT2D eigenvalue weighted by Crippen LogP contribution is -2.49. The highest BCUT2D eigenvalue weighted by Gasteiger charge is 2.54. The number of benzene rings is 1. The normalized spacial score (nSPS) is 29.0. The minimum absolute atomic E-state index is 0.0303. The Labute approximate surface area is 148 Å². The quantitative estimate of drug-likeness (QED) is 0.485. The van der Waals surface area contributed by atoms with Gasteiger partial charge < -0.3 is 20.4 Å². The minimum Gasteiger partial charge on any atom is -0.507 e. The Bertz CT molecular complexity index is 734. The van der Waals surface area contributed by atoms with Crippen molar-refractivity contribution in [3.8, 4) is 17.2 Å². The molecule has 4 N–H and O–H groups in total. The largest absolute Gasteiger partial charge is 0.507 e. The first-order valence-corrected chi connectivity index (χ1v) is 9.02. The molecule has 25 heavy (non-hydrogen) atoms. The number of aromatic hydroxyl groups is 3. The number of carbonyl (C=O) groups is 1. The SMILES string of the molecule is C[C@H](O)Cc1c(O)c(O)c2c(c1O)C(=O)C[C@H]1C(C)(C)CCC[C@]21C. The topological polar surface area (TPSA) is 98.0 Å². The van der Waals surface area contributed by atoms with Gasteiger partial charge in [0.05, 0.1) is 11.7 Å². The van der Waals surface area contributed by atoms with E-state index in [1.54, 1.807) is 0 Å². The van der Waals surface area contributed by atoms with Crippen molar-refractivity contribution >= 4 is 5.78 Å². The van der Waals surface area contributed by atoms with Gasteiger partial charge in [-0.15, -0.1) is 0 Å². The van der Waals surface area contributed by atoms with Crippen molar-refractivity contribution in [2.24, 2.45) is 11.3 Å². The summed E-state index contributed by atoms with van der Waals surface area (Å²) in [4.78, 5) is 12.9. The Hall–Kier alpha value is -1.75. The Morgan fingerprint density at radius 1 is 1.08 bits per heavy atom. The summed E-state index contributed by atoms with van der Waals surface area (Å²) < 4.78 is 0. The first-order chi connectivity index (χ1) is 11.5. The van der Waals surface area contributed by atoms with Crippen molar-refractivity contribution in [1.29, 1.82) is 0 Å². The molecule has 0 aromatic heterocycles. The molecule has 3 rings (SSSR count). The molecule has 1 fully saturated rings. The summed E-state index contributed by atoms with van der Waals surface area (Å²) in [6, 6.07) is 0. The van der Waals surface area contributed by atoms with Crippen LogP contribution in [0.1, 0.15) is 74.9 Å². The second kappa shape index (κ2) is 5.63. The third-order valence-electron chi connectivity index (χ3n) is 6.49. The second-order valence-corrected chi connectivity index (χ2v) is 8.77. The van der Waals surface area contributed by atoms with Crippen LogP contribution in [0.4, 0.5) is 0 Å². The molecule has 138 valence electrons. The molecule has 0 spiro atoms. The van der Waals surface area contributed by atoms with Gasteiger partial charge in [0.1, 0.15) is 5.75 Å². The zero-order valence-corrected chi connectivity index (χ0v) is 15.4. The van der Waals surface area contributed by atoms with Gasteiger partial charge in [-0.25, -0.2) is 0 Å². The number of aliphatic hydroxyl groups is 1. The fourth-order valence-corrected chi connectivity index (χ4v) is 5.29. The summed E-state index contributed by atoms with van der Waals surface area (Å²) in [7, 11) is 0. The van der Waals surface area contributed by atoms with Gasteiger partial charge in [0.15, 0.2) is 17.3 Å². The third-order valence-corrected chi connectivity index (χ3v) is 6.49. The number of hydrogen-bond acceptors (Lipinski definition) is 5. The highest BCUT2D eigenvalue weighted by atomic mass is 16.3. The molecule has 0 unspecified atom stereocenters. The van der Waals surface area contributed by atoms with E-state index in [0.29, 0.717) is 12.0 Å². The lowest BCUT2D eigenvalue weighted by Gasteiger charge is -2.53. The van der Waals surface area contributed by atoms with Gasteiger partial charge in [-0.1, -0.05) is 27.2 Å². The van der Waals surface area contributed by atoms with Gasteiger partial charge >= 0.3 is 0 Å². The van der Waals surface area contributed by atoms with Crippen LogP contribution < -0.4 is 0 Å². The molecular weight excluding hydrogens is 320 g/mol. The predicted octanol–water partition coefficient (Wildman–Crippen LogP) is 3.40. The number of phenols is 3. The summed E-state index contributed by atoms with van der Waals surface area (Å²) in [5, 5.41) is 41.6. The Morgan fingerprint density at radius 3 is 2.32 bits per heavy atom. The molecule has 5 heteroatoms. The van der Waals surface area contributed by atoms with Crippen LogP contribution in [0.3, 0.4) is 0 Å². The Morgan fingerprint density at radius 2 is 1.72 bits per heavy atom. The van der Waals surface area contributed by atoms with Gasteiger partial charge in [-0.05, 0) is 31.1 Å². The number of ketones is 1. The third kappa shape index (κ3) is 2.51. The maximum Gasteiger partial charge on any atom is 0.167 e. The predicted molar refractivity (Wildman–Crippen MR) is 94.2 cm³/mol. The smallest absolute Gasteiger partial charge is 0.167 e. The van der Waals surface area contributed by atoms with Crippen molar-refractivity contribution in [3.63, 3.8) is 0 Å². The number of Topliss-reactive ketones (excluding diaryl/α,β-unsaturated/α-hetero) is 1. The fourth-order valence-electron chi connectivity index (χ4n) is 5.29. The van der Waals surface area contributed by atoms with Gasteiger partial charge in [0.2, 0.25) is 0 Å². The van der Waals surface area contributed by atoms with E-state index in [9.17, 15) is 25.2 Å². The van der Waals surface area contributed by atoms with E-state index in [-0.39, 0.29) is 46.2 Å². The molecule has 5 nitrogen and oxygen atoms in total. The van der Waals surface area contributed by atoms with E-state index in [2.05, 4.69) is 13.8 Å². The molecule has 2 aliphatic rings. The molecule has 1 aromatic carbocycles. The van der Waals surface area contributed by atoms with E-state index in [1.807, 2.05) is 6.92 Å². The monoisotopic (exact) mass is 348 g/mol. The van der Waals surface area contributed by atoms with Crippen LogP contribution in [0.2, 0.25) is 0 Å². The maximum absolute atomic E-state index is 12.9. The average molecular weight is 348 g/mol. The van der Waals surface area contributed by atoms with Crippen molar-refractivity contribution in [2.45, 2.75) is 71.3 Å². The molecule has 0 saturated heterocycles. The van der Waals surface area contributed by atoms with Crippen LogP contribution in [0.5, 0.6) is 17.2 Å². The van der Waals surface area contributed by atoms with Gasteiger partial charge in [0, 0.05) is 29.4 Å².